The standard InChI is InChI=1S/C25H24N2O4/c1-2-16-29-22-10-8-20(9-11-22)17-26-27-25(28)19-31-24-14-12-23(13-15-24)30-18-21-6-4-3-5-7-21/h2-15,17H,1,16,18-19H2,(H,27,28). The van der Waals surface area contributed by atoms with Crippen molar-refractivity contribution in [2.75, 3.05) is 13.2 Å². The van der Waals surface area contributed by atoms with Gasteiger partial charge in [0.2, 0.25) is 0 Å². The summed E-state index contributed by atoms with van der Waals surface area (Å²) in [4.78, 5) is 11.9. The smallest absolute Gasteiger partial charge is 0.277 e. The molecular weight excluding hydrogens is 392 g/mol. The highest BCUT2D eigenvalue weighted by Gasteiger charge is 2.02. The highest BCUT2D eigenvalue weighted by molar-refractivity contribution is 5.83. The number of rotatable bonds is 11. The van der Waals surface area contributed by atoms with Crippen LogP contribution in [0, 0.1) is 0 Å². The lowest BCUT2D eigenvalue weighted by Gasteiger charge is -2.08. The molecule has 0 saturated carbocycles. The lowest BCUT2D eigenvalue weighted by atomic mass is 10.2. The van der Waals surface area contributed by atoms with Crippen molar-refractivity contribution in [1.82, 2.24) is 5.43 Å². The Morgan fingerprint density at radius 1 is 0.839 bits per heavy atom. The van der Waals surface area contributed by atoms with E-state index in [0.29, 0.717) is 19.0 Å². The predicted octanol–water partition coefficient (Wildman–Crippen LogP) is 4.36. The van der Waals surface area contributed by atoms with Gasteiger partial charge in [-0.05, 0) is 59.7 Å². The normalized spacial score (nSPS) is 10.5. The minimum absolute atomic E-state index is 0.143. The zero-order valence-electron chi connectivity index (χ0n) is 17.1. The topological polar surface area (TPSA) is 69.2 Å². The van der Waals surface area contributed by atoms with Crippen molar-refractivity contribution in [2.24, 2.45) is 5.10 Å². The summed E-state index contributed by atoms with van der Waals surface area (Å²) in [6.07, 6.45) is 3.23. The maximum Gasteiger partial charge on any atom is 0.277 e. The molecule has 6 heteroatoms. The van der Waals surface area contributed by atoms with E-state index in [1.807, 2.05) is 54.6 Å². The molecule has 6 nitrogen and oxygen atoms in total. The molecule has 3 aromatic rings. The molecule has 0 aliphatic rings. The fourth-order valence-electron chi connectivity index (χ4n) is 2.54. The number of nitrogens with one attached hydrogen (secondary N) is 1. The second-order valence-corrected chi connectivity index (χ2v) is 6.50. The van der Waals surface area contributed by atoms with E-state index < -0.39 is 0 Å². The first-order chi connectivity index (χ1) is 15.2. The zero-order valence-corrected chi connectivity index (χ0v) is 17.1. The van der Waals surface area contributed by atoms with E-state index in [1.54, 1.807) is 36.6 Å². The van der Waals surface area contributed by atoms with E-state index in [1.165, 1.54) is 0 Å². The summed E-state index contributed by atoms with van der Waals surface area (Å²) in [6.45, 7) is 4.40. The van der Waals surface area contributed by atoms with Crippen LogP contribution in [0.25, 0.3) is 0 Å². The number of hydrazone groups is 1. The summed E-state index contributed by atoms with van der Waals surface area (Å²) < 4.78 is 16.6. The second-order valence-electron chi connectivity index (χ2n) is 6.50. The van der Waals surface area contributed by atoms with Gasteiger partial charge < -0.3 is 14.2 Å². The van der Waals surface area contributed by atoms with Gasteiger partial charge in [-0.25, -0.2) is 5.43 Å². The predicted molar refractivity (Wildman–Crippen MR) is 121 cm³/mol. The molecule has 0 spiro atoms. The van der Waals surface area contributed by atoms with E-state index in [2.05, 4.69) is 17.1 Å². The van der Waals surface area contributed by atoms with Crippen molar-refractivity contribution in [2.45, 2.75) is 6.61 Å². The van der Waals surface area contributed by atoms with Crippen molar-refractivity contribution in [3.63, 3.8) is 0 Å². The molecule has 0 atom stereocenters. The number of nitrogens with zero attached hydrogens (tertiary/aromatic N) is 1. The molecule has 1 N–H and O–H groups in total. The van der Waals surface area contributed by atoms with Crippen molar-refractivity contribution in [1.29, 1.82) is 0 Å². The number of hydrogen-bond donors (Lipinski definition) is 1. The Morgan fingerprint density at radius 2 is 1.45 bits per heavy atom. The van der Waals surface area contributed by atoms with E-state index in [0.717, 1.165) is 22.6 Å². The van der Waals surface area contributed by atoms with Gasteiger partial charge >= 0.3 is 0 Å². The molecule has 0 aliphatic carbocycles. The van der Waals surface area contributed by atoms with Gasteiger partial charge in [0.05, 0.1) is 6.21 Å². The molecule has 0 radical (unpaired) electrons. The van der Waals surface area contributed by atoms with Crippen molar-refractivity contribution in [3.8, 4) is 17.2 Å². The van der Waals surface area contributed by atoms with Crippen LogP contribution in [0.15, 0.2) is 96.6 Å². The minimum Gasteiger partial charge on any atom is -0.490 e. The van der Waals surface area contributed by atoms with E-state index in [9.17, 15) is 4.79 Å². The Bertz CT molecular complexity index is 984. The summed E-state index contributed by atoms with van der Waals surface area (Å²) in [5, 5.41) is 3.93. The van der Waals surface area contributed by atoms with E-state index in [4.69, 9.17) is 14.2 Å². The number of carbonyl (C=O) groups excluding carboxylic acids is 1. The molecule has 0 heterocycles. The molecule has 0 fully saturated rings. The van der Waals surface area contributed by atoms with Gasteiger partial charge in [-0.15, -0.1) is 0 Å². The minimum atomic E-state index is -0.355. The van der Waals surface area contributed by atoms with Gasteiger partial charge in [-0.1, -0.05) is 43.0 Å². The monoisotopic (exact) mass is 416 g/mol. The van der Waals surface area contributed by atoms with Gasteiger partial charge in [0.15, 0.2) is 6.61 Å². The van der Waals surface area contributed by atoms with Crippen molar-refractivity contribution in [3.05, 3.63) is 103 Å². The molecule has 0 bridgehead atoms. The van der Waals surface area contributed by atoms with Crippen LogP contribution in [0.5, 0.6) is 17.2 Å². The number of carbonyl (C=O) groups is 1. The fourth-order valence-corrected chi connectivity index (χ4v) is 2.54. The van der Waals surface area contributed by atoms with E-state index >= 15 is 0 Å². The SMILES string of the molecule is C=CCOc1ccc(C=NNC(=O)COc2ccc(OCc3ccccc3)cc2)cc1. The van der Waals surface area contributed by atoms with Gasteiger partial charge in [0, 0.05) is 0 Å². The zero-order chi connectivity index (χ0) is 21.7. The Hall–Kier alpha value is -4.06. The summed E-state index contributed by atoms with van der Waals surface area (Å²) in [5.41, 5.74) is 4.36. The average Bonchev–Trinajstić information content (AvgIpc) is 2.82. The van der Waals surface area contributed by atoms with Crippen molar-refractivity contribution >= 4 is 12.1 Å². The molecule has 3 rings (SSSR count). The molecule has 31 heavy (non-hydrogen) atoms. The first kappa shape index (κ1) is 21.6. The Kier molecular flexibility index (Phi) is 8.26. The van der Waals surface area contributed by atoms with Gasteiger partial charge in [0.25, 0.3) is 5.91 Å². The summed E-state index contributed by atoms with van der Waals surface area (Å²) >= 11 is 0. The summed E-state index contributed by atoms with van der Waals surface area (Å²) in [5.74, 6) is 1.69. The summed E-state index contributed by atoms with van der Waals surface area (Å²) in [7, 11) is 0. The van der Waals surface area contributed by atoms with Gasteiger partial charge in [-0.3, -0.25) is 4.79 Å². The van der Waals surface area contributed by atoms with Crippen LogP contribution in [0.2, 0.25) is 0 Å². The molecule has 3 aromatic carbocycles. The lowest BCUT2D eigenvalue weighted by Crippen LogP contribution is -2.24. The fraction of sp³-hybridized carbons (Fsp3) is 0.120. The third-order valence-corrected chi connectivity index (χ3v) is 4.09. The lowest BCUT2D eigenvalue weighted by molar-refractivity contribution is -0.123. The van der Waals surface area contributed by atoms with Crippen molar-refractivity contribution < 1.29 is 19.0 Å². The Morgan fingerprint density at radius 3 is 2.13 bits per heavy atom. The maximum absolute atomic E-state index is 11.9. The highest BCUT2D eigenvalue weighted by atomic mass is 16.5. The number of benzene rings is 3. The van der Waals surface area contributed by atoms with Crippen LogP contribution in [0.1, 0.15) is 11.1 Å². The molecule has 0 aromatic heterocycles. The van der Waals surface area contributed by atoms with Crippen LogP contribution in [-0.2, 0) is 11.4 Å². The van der Waals surface area contributed by atoms with Crippen LogP contribution in [0.4, 0.5) is 0 Å². The second kappa shape index (κ2) is 11.8. The summed E-state index contributed by atoms with van der Waals surface area (Å²) in [6, 6.07) is 24.4. The third kappa shape index (κ3) is 7.70. The molecule has 1 amide bonds. The van der Waals surface area contributed by atoms with Gasteiger partial charge in [0.1, 0.15) is 30.5 Å². The van der Waals surface area contributed by atoms with Gasteiger partial charge in [-0.2, -0.15) is 5.10 Å². The van der Waals surface area contributed by atoms with Crippen LogP contribution < -0.4 is 19.6 Å². The number of hydrogen-bond acceptors (Lipinski definition) is 5. The Labute approximate surface area is 181 Å². The number of amides is 1. The first-order valence-corrected chi connectivity index (χ1v) is 9.78. The highest BCUT2D eigenvalue weighted by Crippen LogP contribution is 2.18. The quantitative estimate of drug-likeness (QED) is 0.286. The number of ether oxygens (including phenoxy) is 3. The Balaban J connectivity index is 1.38. The van der Waals surface area contributed by atoms with Crippen LogP contribution in [-0.4, -0.2) is 25.3 Å². The van der Waals surface area contributed by atoms with E-state index in [-0.39, 0.29) is 12.5 Å². The largest absolute Gasteiger partial charge is 0.490 e. The maximum atomic E-state index is 11.9. The van der Waals surface area contributed by atoms with Crippen LogP contribution >= 0.6 is 0 Å². The molecule has 0 unspecified atom stereocenters. The third-order valence-electron chi connectivity index (χ3n) is 4.09. The first-order valence-electron chi connectivity index (χ1n) is 9.78. The molecule has 0 aliphatic heterocycles. The van der Waals surface area contributed by atoms with Crippen LogP contribution in [0.3, 0.4) is 0 Å². The molecule has 158 valence electrons. The molecular formula is C25H24N2O4. The average molecular weight is 416 g/mol. The molecule has 0 saturated heterocycles.